The number of aromatic nitrogens is 4. The third-order valence-electron chi connectivity index (χ3n) is 4.28. The van der Waals surface area contributed by atoms with Crippen molar-refractivity contribution < 1.29 is 4.79 Å². The Morgan fingerprint density at radius 2 is 2.28 bits per heavy atom. The predicted octanol–water partition coefficient (Wildman–Crippen LogP) is 1.20. The number of hydrogen-bond acceptors (Lipinski definition) is 4. The SMILES string of the molecule is CCC[C@H](NC(=O)C1[C@@H]2CCC[C@@H]12)c1nn[nH]n1. The Morgan fingerprint density at radius 3 is 2.89 bits per heavy atom. The van der Waals surface area contributed by atoms with Crippen molar-refractivity contribution in [2.45, 2.75) is 45.1 Å². The largest absolute Gasteiger partial charge is 0.346 e. The van der Waals surface area contributed by atoms with Gasteiger partial charge in [0, 0.05) is 5.92 Å². The molecule has 0 saturated heterocycles. The molecule has 3 atom stereocenters. The van der Waals surface area contributed by atoms with Crippen molar-refractivity contribution in [3.05, 3.63) is 5.82 Å². The second-order valence-electron chi connectivity index (χ2n) is 5.40. The van der Waals surface area contributed by atoms with E-state index in [9.17, 15) is 4.79 Å². The topological polar surface area (TPSA) is 83.6 Å². The Kier molecular flexibility index (Phi) is 3.01. The molecule has 18 heavy (non-hydrogen) atoms. The fourth-order valence-electron chi connectivity index (χ4n) is 3.35. The summed E-state index contributed by atoms with van der Waals surface area (Å²) in [5, 5.41) is 17.1. The van der Waals surface area contributed by atoms with Crippen molar-refractivity contribution in [2.75, 3.05) is 0 Å². The Hall–Kier alpha value is -1.46. The van der Waals surface area contributed by atoms with Crippen LogP contribution < -0.4 is 5.32 Å². The van der Waals surface area contributed by atoms with Gasteiger partial charge < -0.3 is 5.32 Å². The van der Waals surface area contributed by atoms with E-state index in [1.54, 1.807) is 0 Å². The number of carbonyl (C=O) groups excluding carboxylic acids is 1. The highest BCUT2D eigenvalue weighted by Gasteiger charge is 2.56. The van der Waals surface area contributed by atoms with Crippen LogP contribution in [0.5, 0.6) is 0 Å². The molecule has 0 aliphatic heterocycles. The molecule has 6 heteroatoms. The fraction of sp³-hybridized carbons (Fsp3) is 0.833. The van der Waals surface area contributed by atoms with Crippen LogP contribution in [0.15, 0.2) is 0 Å². The van der Waals surface area contributed by atoms with Gasteiger partial charge in [0.15, 0.2) is 5.82 Å². The predicted molar refractivity (Wildman–Crippen MR) is 64.3 cm³/mol. The monoisotopic (exact) mass is 249 g/mol. The first-order valence-electron chi connectivity index (χ1n) is 6.85. The van der Waals surface area contributed by atoms with Crippen LogP contribution in [0.4, 0.5) is 0 Å². The molecule has 0 unspecified atom stereocenters. The zero-order valence-electron chi connectivity index (χ0n) is 10.6. The Balaban J connectivity index is 1.61. The molecule has 0 bridgehead atoms. The van der Waals surface area contributed by atoms with Gasteiger partial charge in [-0.05, 0) is 31.1 Å². The summed E-state index contributed by atoms with van der Waals surface area (Å²) in [5.41, 5.74) is 0. The smallest absolute Gasteiger partial charge is 0.224 e. The van der Waals surface area contributed by atoms with Gasteiger partial charge in [-0.25, -0.2) is 0 Å². The van der Waals surface area contributed by atoms with Gasteiger partial charge in [0.05, 0.1) is 6.04 Å². The van der Waals surface area contributed by atoms with E-state index in [1.807, 2.05) is 0 Å². The maximum Gasteiger partial charge on any atom is 0.224 e. The third kappa shape index (κ3) is 2.00. The number of aromatic amines is 1. The van der Waals surface area contributed by atoms with Gasteiger partial charge >= 0.3 is 0 Å². The summed E-state index contributed by atoms with van der Waals surface area (Å²) in [6.45, 7) is 2.09. The lowest BCUT2D eigenvalue weighted by Crippen LogP contribution is -2.31. The molecule has 2 aliphatic rings. The van der Waals surface area contributed by atoms with Crippen molar-refractivity contribution >= 4 is 5.91 Å². The summed E-state index contributed by atoms with van der Waals surface area (Å²) in [4.78, 5) is 12.2. The van der Waals surface area contributed by atoms with E-state index < -0.39 is 0 Å². The number of fused-ring (bicyclic) bond motifs is 1. The Labute approximate surface area is 106 Å². The zero-order valence-corrected chi connectivity index (χ0v) is 10.6. The first kappa shape index (κ1) is 11.6. The van der Waals surface area contributed by atoms with Crippen LogP contribution in [0, 0.1) is 17.8 Å². The Bertz CT molecular complexity index is 408. The molecule has 0 aromatic carbocycles. The lowest BCUT2D eigenvalue weighted by molar-refractivity contribution is -0.124. The molecule has 6 nitrogen and oxygen atoms in total. The van der Waals surface area contributed by atoms with E-state index in [0.717, 1.165) is 12.8 Å². The molecule has 2 aliphatic carbocycles. The van der Waals surface area contributed by atoms with Gasteiger partial charge in [-0.2, -0.15) is 5.21 Å². The van der Waals surface area contributed by atoms with Crippen molar-refractivity contribution in [3.8, 4) is 0 Å². The van der Waals surface area contributed by atoms with Crippen molar-refractivity contribution in [1.29, 1.82) is 0 Å². The summed E-state index contributed by atoms with van der Waals surface area (Å²) in [7, 11) is 0. The second-order valence-corrected chi connectivity index (χ2v) is 5.40. The number of nitrogens with zero attached hydrogens (tertiary/aromatic N) is 3. The van der Waals surface area contributed by atoms with Crippen molar-refractivity contribution in [1.82, 2.24) is 25.9 Å². The number of amides is 1. The first-order chi connectivity index (χ1) is 8.81. The van der Waals surface area contributed by atoms with E-state index >= 15 is 0 Å². The van der Waals surface area contributed by atoms with Crippen LogP contribution in [-0.2, 0) is 4.79 Å². The van der Waals surface area contributed by atoms with E-state index in [0.29, 0.717) is 17.7 Å². The van der Waals surface area contributed by atoms with E-state index in [2.05, 4.69) is 32.9 Å². The van der Waals surface area contributed by atoms with Crippen LogP contribution in [0.25, 0.3) is 0 Å². The summed E-state index contributed by atoms with van der Waals surface area (Å²) in [6.07, 6.45) is 5.58. The minimum atomic E-state index is -0.0948. The van der Waals surface area contributed by atoms with Gasteiger partial charge in [-0.3, -0.25) is 4.79 Å². The van der Waals surface area contributed by atoms with Gasteiger partial charge in [0.2, 0.25) is 5.91 Å². The molecule has 1 amide bonds. The highest BCUT2D eigenvalue weighted by molar-refractivity contribution is 5.82. The maximum atomic E-state index is 12.2. The van der Waals surface area contributed by atoms with Crippen LogP contribution in [0.1, 0.15) is 50.9 Å². The van der Waals surface area contributed by atoms with E-state index in [-0.39, 0.29) is 17.9 Å². The van der Waals surface area contributed by atoms with E-state index in [1.165, 1.54) is 19.3 Å². The molecule has 2 N–H and O–H groups in total. The molecule has 3 rings (SSSR count). The van der Waals surface area contributed by atoms with Crippen LogP contribution >= 0.6 is 0 Å². The summed E-state index contributed by atoms with van der Waals surface area (Å²) >= 11 is 0. The van der Waals surface area contributed by atoms with Crippen LogP contribution in [-0.4, -0.2) is 26.5 Å². The summed E-state index contributed by atoms with van der Waals surface area (Å²) in [5.74, 6) is 2.34. The zero-order chi connectivity index (χ0) is 12.5. The lowest BCUT2D eigenvalue weighted by atomic mass is 10.1. The van der Waals surface area contributed by atoms with Crippen LogP contribution in [0.2, 0.25) is 0 Å². The minimum absolute atomic E-state index is 0.0948. The molecule has 2 saturated carbocycles. The molecule has 0 radical (unpaired) electrons. The van der Waals surface area contributed by atoms with Gasteiger partial charge in [0.25, 0.3) is 0 Å². The fourth-order valence-corrected chi connectivity index (χ4v) is 3.35. The molecule has 1 aromatic heterocycles. The third-order valence-corrected chi connectivity index (χ3v) is 4.28. The molecular formula is C12H19N5O. The number of hydrogen-bond donors (Lipinski definition) is 2. The molecule has 98 valence electrons. The second kappa shape index (κ2) is 4.66. The number of rotatable bonds is 5. The molecule has 2 fully saturated rings. The lowest BCUT2D eigenvalue weighted by Gasteiger charge is -2.15. The van der Waals surface area contributed by atoms with E-state index in [4.69, 9.17) is 0 Å². The molecular weight excluding hydrogens is 230 g/mol. The molecule has 0 spiro atoms. The summed E-state index contributed by atoms with van der Waals surface area (Å²) in [6, 6.07) is -0.0948. The minimum Gasteiger partial charge on any atom is -0.346 e. The quantitative estimate of drug-likeness (QED) is 0.821. The standard InChI is InChI=1S/C12H19N5O/c1-2-4-9(11-14-16-17-15-11)13-12(18)10-7-5-3-6-8(7)10/h7-10H,2-6H2,1H3,(H,13,18)(H,14,15,16,17)/t7-,8-,9+/m1/s1. The summed E-state index contributed by atoms with van der Waals surface area (Å²) < 4.78 is 0. The first-order valence-corrected chi connectivity index (χ1v) is 6.85. The Morgan fingerprint density at radius 1 is 1.50 bits per heavy atom. The number of tetrazole rings is 1. The highest BCUT2D eigenvalue weighted by atomic mass is 16.2. The average molecular weight is 249 g/mol. The number of carbonyl (C=O) groups is 1. The van der Waals surface area contributed by atoms with Gasteiger partial charge in [-0.15, -0.1) is 10.2 Å². The number of H-pyrrole nitrogens is 1. The normalized spacial score (nSPS) is 30.8. The number of nitrogens with one attached hydrogen (secondary N) is 2. The maximum absolute atomic E-state index is 12.2. The molecule has 1 heterocycles. The van der Waals surface area contributed by atoms with Crippen molar-refractivity contribution in [2.24, 2.45) is 17.8 Å². The average Bonchev–Trinajstić information content (AvgIpc) is 2.81. The van der Waals surface area contributed by atoms with Gasteiger partial charge in [-0.1, -0.05) is 25.0 Å². The van der Waals surface area contributed by atoms with Crippen LogP contribution in [0.3, 0.4) is 0 Å². The van der Waals surface area contributed by atoms with Crippen molar-refractivity contribution in [3.63, 3.8) is 0 Å². The van der Waals surface area contributed by atoms with Gasteiger partial charge in [0.1, 0.15) is 0 Å². The molecule has 1 aromatic rings. The highest BCUT2D eigenvalue weighted by Crippen LogP contribution is 2.57.